The van der Waals surface area contributed by atoms with E-state index in [1.54, 1.807) is 0 Å². The minimum atomic E-state index is -0.281. The third-order valence-electron chi connectivity index (χ3n) is 10.2. The van der Waals surface area contributed by atoms with Gasteiger partial charge in [0, 0.05) is 31.0 Å². The first kappa shape index (κ1) is 24.2. The van der Waals surface area contributed by atoms with Gasteiger partial charge < -0.3 is 0 Å². The molecule has 1 heterocycles. The molecule has 7 aromatic rings. The molecule has 0 spiro atoms. The maximum atomic E-state index is 2.47. The molecule has 9 rings (SSSR count). The van der Waals surface area contributed by atoms with Gasteiger partial charge in [0.2, 0.25) is 0 Å². The van der Waals surface area contributed by atoms with E-state index in [0.717, 1.165) is 0 Å². The van der Waals surface area contributed by atoms with Crippen molar-refractivity contribution in [3.63, 3.8) is 0 Å². The van der Waals surface area contributed by atoms with Gasteiger partial charge >= 0.3 is 0 Å². The van der Waals surface area contributed by atoms with Gasteiger partial charge in [-0.05, 0) is 74.2 Å². The van der Waals surface area contributed by atoms with E-state index in [-0.39, 0.29) is 10.8 Å². The average Bonchev–Trinajstić information content (AvgIpc) is 3.62. The molecule has 0 bridgehead atoms. The van der Waals surface area contributed by atoms with Crippen LogP contribution in [-0.4, -0.2) is 0 Å². The van der Waals surface area contributed by atoms with E-state index in [0.29, 0.717) is 0 Å². The van der Waals surface area contributed by atoms with Crippen LogP contribution in [0.2, 0.25) is 0 Å². The first-order valence-corrected chi connectivity index (χ1v) is 15.7. The molecule has 1 aromatic heterocycles. The summed E-state index contributed by atoms with van der Waals surface area (Å²) in [5.74, 6) is 0. The number of benzene rings is 6. The molecule has 0 aliphatic heterocycles. The van der Waals surface area contributed by atoms with Crippen LogP contribution in [0.4, 0.5) is 0 Å². The van der Waals surface area contributed by atoms with Crippen LogP contribution in [0.25, 0.3) is 53.6 Å². The smallest absolute Gasteiger partial charge is 0.0449 e. The van der Waals surface area contributed by atoms with Crippen molar-refractivity contribution in [2.24, 2.45) is 0 Å². The Balaban J connectivity index is 1.39. The van der Waals surface area contributed by atoms with Crippen molar-refractivity contribution in [2.45, 2.75) is 31.6 Å². The van der Waals surface area contributed by atoms with Gasteiger partial charge in [0.15, 0.2) is 0 Å². The summed E-state index contributed by atoms with van der Waals surface area (Å²) in [5, 5.41) is 2.72. The third kappa shape index (κ3) is 2.97. The molecule has 0 saturated carbocycles. The fourth-order valence-electron chi connectivity index (χ4n) is 8.05. The van der Waals surface area contributed by atoms with Crippen molar-refractivity contribution >= 4 is 31.5 Å². The minimum absolute atomic E-state index is 0.0286. The molecular weight excluding hydrogens is 525 g/mol. The molecule has 200 valence electrons. The van der Waals surface area contributed by atoms with Crippen molar-refractivity contribution in [1.82, 2.24) is 0 Å². The second-order valence-electron chi connectivity index (χ2n) is 12.6. The molecule has 1 atom stereocenters. The predicted molar refractivity (Wildman–Crippen MR) is 180 cm³/mol. The van der Waals surface area contributed by atoms with Crippen molar-refractivity contribution < 1.29 is 0 Å². The van der Waals surface area contributed by atoms with E-state index in [9.17, 15) is 0 Å². The van der Waals surface area contributed by atoms with Crippen molar-refractivity contribution in [3.05, 3.63) is 155 Å². The van der Waals surface area contributed by atoms with Crippen molar-refractivity contribution in [2.75, 3.05) is 0 Å². The minimum Gasteiger partial charge on any atom is -0.135 e. The first-order chi connectivity index (χ1) is 20.5. The highest BCUT2D eigenvalue weighted by Gasteiger charge is 2.47. The van der Waals surface area contributed by atoms with Crippen LogP contribution in [0.15, 0.2) is 127 Å². The number of fused-ring (bicyclic) bond motifs is 11. The molecule has 0 nitrogen and oxygen atoms in total. The zero-order valence-corrected chi connectivity index (χ0v) is 24.8. The Morgan fingerprint density at radius 2 is 1.14 bits per heavy atom. The quantitative estimate of drug-likeness (QED) is 0.199. The molecule has 0 radical (unpaired) electrons. The fraction of sp³-hybridized carbons (Fsp3) is 0.122. The van der Waals surface area contributed by atoms with E-state index < -0.39 is 0 Å². The summed E-state index contributed by atoms with van der Waals surface area (Å²) < 4.78 is 2.77. The monoisotopic (exact) mass is 554 g/mol. The summed E-state index contributed by atoms with van der Waals surface area (Å²) in [6.07, 6.45) is 0. The second-order valence-corrected chi connectivity index (χ2v) is 13.7. The summed E-state index contributed by atoms with van der Waals surface area (Å²) in [4.78, 5) is 0. The van der Waals surface area contributed by atoms with Gasteiger partial charge in [-0.15, -0.1) is 11.3 Å². The lowest BCUT2D eigenvalue weighted by Gasteiger charge is -2.29. The van der Waals surface area contributed by atoms with Gasteiger partial charge in [-0.3, -0.25) is 0 Å². The molecule has 0 fully saturated rings. The highest BCUT2D eigenvalue weighted by atomic mass is 32.1. The second kappa shape index (κ2) is 8.31. The Morgan fingerprint density at radius 1 is 0.476 bits per heavy atom. The van der Waals surface area contributed by atoms with E-state index in [4.69, 9.17) is 0 Å². The van der Waals surface area contributed by atoms with Gasteiger partial charge in [-0.2, -0.15) is 0 Å². The van der Waals surface area contributed by atoms with Gasteiger partial charge in [0.05, 0.1) is 0 Å². The average molecular weight is 555 g/mol. The van der Waals surface area contributed by atoms with Crippen LogP contribution >= 0.6 is 11.3 Å². The molecule has 2 aliphatic carbocycles. The molecule has 42 heavy (non-hydrogen) atoms. The predicted octanol–water partition coefficient (Wildman–Crippen LogP) is 11.4. The Kier molecular flexibility index (Phi) is 4.78. The largest absolute Gasteiger partial charge is 0.135 e. The van der Waals surface area contributed by atoms with Crippen molar-refractivity contribution in [3.8, 4) is 33.4 Å². The molecular formula is C41H30S. The zero-order chi connectivity index (χ0) is 28.2. The lowest BCUT2D eigenvalue weighted by Crippen LogP contribution is -2.23. The first-order valence-electron chi connectivity index (χ1n) is 14.9. The van der Waals surface area contributed by atoms with Crippen LogP contribution in [0.5, 0.6) is 0 Å². The highest BCUT2D eigenvalue weighted by molar-refractivity contribution is 7.26. The van der Waals surface area contributed by atoms with Gasteiger partial charge in [0.25, 0.3) is 0 Å². The van der Waals surface area contributed by atoms with Crippen LogP contribution in [0.1, 0.15) is 48.6 Å². The molecule has 0 amide bonds. The van der Waals surface area contributed by atoms with Gasteiger partial charge in [0.1, 0.15) is 0 Å². The maximum absolute atomic E-state index is 2.47. The van der Waals surface area contributed by atoms with Gasteiger partial charge in [-0.1, -0.05) is 135 Å². The summed E-state index contributed by atoms with van der Waals surface area (Å²) in [6.45, 7) is 7.24. The lowest BCUT2D eigenvalue weighted by atomic mass is 9.73. The molecule has 0 N–H and O–H groups in total. The Hall–Kier alpha value is -4.46. The third-order valence-corrected chi connectivity index (χ3v) is 11.4. The summed E-state index contributed by atoms with van der Waals surface area (Å²) in [7, 11) is 0. The van der Waals surface area contributed by atoms with Crippen LogP contribution in [-0.2, 0) is 10.8 Å². The molecule has 2 aliphatic rings. The fourth-order valence-corrected chi connectivity index (χ4v) is 9.40. The SMILES string of the molecule is CC1(C)c2ccccc2-c2c1ccc1c2-c2ccc3c(sc4ccccc43)c2C1(C)c1ccc(-c2ccccc2)cc1. The number of rotatable bonds is 2. The lowest BCUT2D eigenvalue weighted by molar-refractivity contribution is 0.659. The number of thiophene rings is 1. The zero-order valence-electron chi connectivity index (χ0n) is 24.0. The van der Waals surface area contributed by atoms with Crippen LogP contribution in [0, 0.1) is 0 Å². The summed E-state index contributed by atoms with van der Waals surface area (Å²) in [5.41, 5.74) is 14.9. The molecule has 0 saturated heterocycles. The van der Waals surface area contributed by atoms with E-state index in [2.05, 4.69) is 148 Å². The maximum Gasteiger partial charge on any atom is 0.0449 e. The Labute approximate surface area is 250 Å². The Bertz CT molecular complexity index is 2210. The van der Waals surface area contributed by atoms with E-state index in [1.165, 1.54) is 81.4 Å². The Morgan fingerprint density at radius 3 is 1.98 bits per heavy atom. The topological polar surface area (TPSA) is 0 Å². The molecule has 1 unspecified atom stereocenters. The summed E-state index contributed by atoms with van der Waals surface area (Å²) in [6, 6.07) is 47.7. The molecule has 1 heteroatoms. The van der Waals surface area contributed by atoms with E-state index >= 15 is 0 Å². The number of hydrogen-bond acceptors (Lipinski definition) is 1. The number of hydrogen-bond donors (Lipinski definition) is 0. The van der Waals surface area contributed by atoms with E-state index in [1.807, 2.05) is 11.3 Å². The van der Waals surface area contributed by atoms with Gasteiger partial charge in [-0.25, -0.2) is 0 Å². The van der Waals surface area contributed by atoms with Crippen LogP contribution < -0.4 is 0 Å². The summed E-state index contributed by atoms with van der Waals surface area (Å²) >= 11 is 1.95. The molecule has 6 aromatic carbocycles. The highest BCUT2D eigenvalue weighted by Crippen LogP contribution is 2.62. The van der Waals surface area contributed by atoms with Crippen molar-refractivity contribution in [1.29, 1.82) is 0 Å². The standard InChI is InChI=1S/C41H30S/c1-40(2)32-15-9-7-14-30(32)36-33(40)23-24-34-37(36)31-22-21-29-28-13-8-10-16-35(28)42-39(29)38(31)41(34,3)27-19-17-26(18-20-27)25-11-5-4-6-12-25/h4-24H,1-3H3. The normalized spacial score (nSPS) is 17.7. The van der Waals surface area contributed by atoms with Crippen LogP contribution in [0.3, 0.4) is 0 Å².